The van der Waals surface area contributed by atoms with E-state index in [0.717, 1.165) is 36.4 Å². The Morgan fingerprint density at radius 1 is 1.26 bits per heavy atom. The van der Waals surface area contributed by atoms with Crippen LogP contribution < -0.4 is 10.6 Å². The minimum Gasteiger partial charge on any atom is -0.369 e. The largest absolute Gasteiger partial charge is 0.369 e. The van der Waals surface area contributed by atoms with Crippen LogP contribution in [0.2, 0.25) is 0 Å². The van der Waals surface area contributed by atoms with Gasteiger partial charge in [0.15, 0.2) is 5.65 Å². The summed E-state index contributed by atoms with van der Waals surface area (Å²) in [5.41, 5.74) is 0.746. The van der Waals surface area contributed by atoms with Gasteiger partial charge < -0.3 is 15.5 Å². The molecule has 0 saturated heterocycles. The van der Waals surface area contributed by atoms with Crippen molar-refractivity contribution in [1.82, 2.24) is 25.1 Å². The molecule has 19 heavy (non-hydrogen) atoms. The topological polar surface area (TPSA) is 81.8 Å². The zero-order valence-corrected chi connectivity index (χ0v) is 11.7. The third-order valence-electron chi connectivity index (χ3n) is 2.86. The molecule has 0 aliphatic heterocycles. The molecule has 3 N–H and O–H groups in total. The van der Waals surface area contributed by atoms with Crippen molar-refractivity contribution in [2.45, 2.75) is 12.8 Å². The van der Waals surface area contributed by atoms with Gasteiger partial charge in [-0.25, -0.2) is 0 Å². The van der Waals surface area contributed by atoms with Crippen molar-refractivity contribution >= 4 is 22.8 Å². The maximum absolute atomic E-state index is 4.42. The fourth-order valence-electron chi connectivity index (χ4n) is 1.84. The van der Waals surface area contributed by atoms with Crippen LogP contribution in [-0.2, 0) is 0 Å². The maximum Gasteiger partial charge on any atom is 0.226 e. The van der Waals surface area contributed by atoms with E-state index in [2.05, 4.69) is 49.8 Å². The second kappa shape index (κ2) is 6.33. The molecule has 0 atom stereocenters. The second-order valence-electron chi connectivity index (χ2n) is 4.72. The molecule has 2 aromatic rings. The Hall–Kier alpha value is -1.89. The standard InChI is InChI=1S/C12H21N7/c1-13-12-16-10(9-8-15-18-11(9)17-12)14-6-4-5-7-19(2)3/h8H,4-7H2,1-3H3,(H3,13,14,15,16,17,18). The van der Waals surface area contributed by atoms with Gasteiger partial charge in [0.05, 0.1) is 11.6 Å². The summed E-state index contributed by atoms with van der Waals surface area (Å²) < 4.78 is 0. The van der Waals surface area contributed by atoms with Crippen molar-refractivity contribution in [2.75, 3.05) is 44.9 Å². The molecule has 2 aromatic heterocycles. The molecule has 0 bridgehead atoms. The lowest BCUT2D eigenvalue weighted by Crippen LogP contribution is -2.14. The van der Waals surface area contributed by atoms with Gasteiger partial charge in [0, 0.05) is 13.6 Å². The van der Waals surface area contributed by atoms with E-state index < -0.39 is 0 Å². The normalized spacial score (nSPS) is 11.2. The van der Waals surface area contributed by atoms with Gasteiger partial charge in [-0.3, -0.25) is 5.10 Å². The van der Waals surface area contributed by atoms with E-state index in [1.807, 2.05) is 0 Å². The van der Waals surface area contributed by atoms with Crippen LogP contribution in [0.25, 0.3) is 11.0 Å². The fourth-order valence-corrected chi connectivity index (χ4v) is 1.84. The average molecular weight is 263 g/mol. The molecule has 0 saturated carbocycles. The summed E-state index contributed by atoms with van der Waals surface area (Å²) in [6.07, 6.45) is 4.02. The van der Waals surface area contributed by atoms with E-state index in [-0.39, 0.29) is 0 Å². The van der Waals surface area contributed by atoms with E-state index in [9.17, 15) is 0 Å². The number of unbranched alkanes of at least 4 members (excludes halogenated alkanes) is 1. The Balaban J connectivity index is 1.97. The van der Waals surface area contributed by atoms with Crippen LogP contribution in [-0.4, -0.2) is 59.3 Å². The second-order valence-corrected chi connectivity index (χ2v) is 4.72. The van der Waals surface area contributed by atoms with Gasteiger partial charge in [-0.1, -0.05) is 0 Å². The quantitative estimate of drug-likeness (QED) is 0.650. The van der Waals surface area contributed by atoms with E-state index >= 15 is 0 Å². The molecule has 7 heteroatoms. The third-order valence-corrected chi connectivity index (χ3v) is 2.86. The molecule has 0 aliphatic rings. The van der Waals surface area contributed by atoms with Crippen molar-refractivity contribution in [1.29, 1.82) is 0 Å². The predicted molar refractivity (Wildman–Crippen MR) is 77.5 cm³/mol. The van der Waals surface area contributed by atoms with Gasteiger partial charge in [-0.15, -0.1) is 0 Å². The number of hydrogen-bond donors (Lipinski definition) is 3. The smallest absolute Gasteiger partial charge is 0.226 e. The van der Waals surface area contributed by atoms with Crippen LogP contribution in [0.15, 0.2) is 6.20 Å². The first kappa shape index (κ1) is 13.5. The molecule has 0 aliphatic carbocycles. The maximum atomic E-state index is 4.42. The number of hydrogen-bond acceptors (Lipinski definition) is 6. The van der Waals surface area contributed by atoms with Crippen LogP contribution in [0.4, 0.5) is 11.8 Å². The summed E-state index contributed by atoms with van der Waals surface area (Å²) in [5, 5.41) is 14.1. The van der Waals surface area contributed by atoms with Crippen LogP contribution in [0, 0.1) is 0 Å². The van der Waals surface area contributed by atoms with Crippen LogP contribution in [0.3, 0.4) is 0 Å². The Morgan fingerprint density at radius 2 is 2.11 bits per heavy atom. The molecule has 2 rings (SSSR count). The molecule has 0 unspecified atom stereocenters. The van der Waals surface area contributed by atoms with Gasteiger partial charge in [0.25, 0.3) is 0 Å². The molecule has 104 valence electrons. The first-order valence-electron chi connectivity index (χ1n) is 6.48. The van der Waals surface area contributed by atoms with Crippen LogP contribution >= 0.6 is 0 Å². The fraction of sp³-hybridized carbons (Fsp3) is 0.583. The Bertz CT molecular complexity index is 520. The monoisotopic (exact) mass is 263 g/mol. The number of aromatic nitrogens is 4. The van der Waals surface area contributed by atoms with Crippen molar-refractivity contribution in [3.05, 3.63) is 6.20 Å². The summed E-state index contributed by atoms with van der Waals surface area (Å²) in [4.78, 5) is 10.9. The van der Waals surface area contributed by atoms with Crippen molar-refractivity contribution in [3.63, 3.8) is 0 Å². The number of H-pyrrole nitrogens is 1. The molecule has 7 nitrogen and oxygen atoms in total. The number of fused-ring (bicyclic) bond motifs is 1. The SMILES string of the molecule is CNc1nc(NCCCCN(C)C)c2cn[nH]c2n1. The number of nitrogens with zero attached hydrogens (tertiary/aromatic N) is 4. The highest BCUT2D eigenvalue weighted by Gasteiger charge is 2.07. The van der Waals surface area contributed by atoms with E-state index in [4.69, 9.17) is 0 Å². The van der Waals surface area contributed by atoms with Gasteiger partial charge in [0.2, 0.25) is 5.95 Å². The van der Waals surface area contributed by atoms with Crippen molar-refractivity contribution < 1.29 is 0 Å². The summed E-state index contributed by atoms with van der Waals surface area (Å²) >= 11 is 0. The number of anilines is 2. The number of nitrogens with one attached hydrogen (secondary N) is 3. The molecular weight excluding hydrogens is 242 g/mol. The van der Waals surface area contributed by atoms with E-state index in [1.165, 1.54) is 6.42 Å². The highest BCUT2D eigenvalue weighted by molar-refractivity contribution is 5.86. The zero-order valence-electron chi connectivity index (χ0n) is 11.7. The average Bonchev–Trinajstić information content (AvgIpc) is 2.85. The first-order valence-corrected chi connectivity index (χ1v) is 6.48. The van der Waals surface area contributed by atoms with E-state index in [0.29, 0.717) is 5.95 Å². The Morgan fingerprint density at radius 3 is 2.84 bits per heavy atom. The highest BCUT2D eigenvalue weighted by atomic mass is 15.2. The minimum absolute atomic E-state index is 0.590. The summed E-state index contributed by atoms with van der Waals surface area (Å²) in [5.74, 6) is 1.42. The first-order chi connectivity index (χ1) is 9.20. The van der Waals surface area contributed by atoms with Gasteiger partial charge in [0.1, 0.15) is 5.82 Å². The molecule has 0 radical (unpaired) electrons. The predicted octanol–water partition coefficient (Wildman–Crippen LogP) is 1.15. The van der Waals surface area contributed by atoms with Gasteiger partial charge >= 0.3 is 0 Å². The molecule has 0 spiro atoms. The van der Waals surface area contributed by atoms with Crippen LogP contribution in [0.1, 0.15) is 12.8 Å². The van der Waals surface area contributed by atoms with Crippen molar-refractivity contribution in [3.8, 4) is 0 Å². The lowest BCUT2D eigenvalue weighted by molar-refractivity contribution is 0.396. The molecule has 0 amide bonds. The number of rotatable bonds is 7. The summed E-state index contributed by atoms with van der Waals surface area (Å²) in [6, 6.07) is 0. The molecule has 0 aromatic carbocycles. The van der Waals surface area contributed by atoms with Gasteiger partial charge in [-0.05, 0) is 33.5 Å². The lowest BCUT2D eigenvalue weighted by atomic mass is 10.3. The molecule has 2 heterocycles. The Labute approximate surface area is 112 Å². The summed E-state index contributed by atoms with van der Waals surface area (Å²) in [7, 11) is 5.98. The third kappa shape index (κ3) is 3.54. The lowest BCUT2D eigenvalue weighted by Gasteiger charge is -2.10. The molecule has 0 fully saturated rings. The van der Waals surface area contributed by atoms with Crippen molar-refractivity contribution in [2.24, 2.45) is 0 Å². The minimum atomic E-state index is 0.590. The van der Waals surface area contributed by atoms with Gasteiger partial charge in [-0.2, -0.15) is 15.1 Å². The number of aromatic amines is 1. The van der Waals surface area contributed by atoms with Crippen LogP contribution in [0.5, 0.6) is 0 Å². The Kier molecular flexibility index (Phi) is 4.51. The molecular formula is C12H21N7. The summed E-state index contributed by atoms with van der Waals surface area (Å²) in [6.45, 7) is 2.00. The van der Waals surface area contributed by atoms with E-state index in [1.54, 1.807) is 13.2 Å². The zero-order chi connectivity index (χ0) is 13.7. The highest BCUT2D eigenvalue weighted by Crippen LogP contribution is 2.19.